The molecule has 1 amide bonds. The lowest BCUT2D eigenvalue weighted by molar-refractivity contribution is 0.102. The van der Waals surface area contributed by atoms with Crippen molar-refractivity contribution in [3.8, 4) is 0 Å². The van der Waals surface area contributed by atoms with Gasteiger partial charge < -0.3 is 5.32 Å². The summed E-state index contributed by atoms with van der Waals surface area (Å²) >= 11 is 3.31. The first-order valence-electron chi connectivity index (χ1n) is 6.01. The van der Waals surface area contributed by atoms with Gasteiger partial charge in [-0.1, -0.05) is 18.2 Å². The number of carbonyl (C=O) groups excluding carboxylic acids is 1. The summed E-state index contributed by atoms with van der Waals surface area (Å²) in [5, 5.41) is 3.77. The lowest BCUT2D eigenvalue weighted by Crippen LogP contribution is -2.14. The Bertz CT molecular complexity index is 789. The molecule has 3 rings (SSSR count). The van der Waals surface area contributed by atoms with Crippen molar-refractivity contribution in [2.24, 2.45) is 0 Å². The van der Waals surface area contributed by atoms with Gasteiger partial charge in [-0.05, 0) is 40.2 Å². The molecule has 0 spiro atoms. The summed E-state index contributed by atoms with van der Waals surface area (Å²) in [6, 6.07) is 13.2. The SMILES string of the molecule is O=C(Nc1cnc2ccccc2c1)c1ncccc1Br. The lowest BCUT2D eigenvalue weighted by Gasteiger charge is -2.06. The van der Waals surface area contributed by atoms with Crippen LogP contribution in [0, 0.1) is 0 Å². The summed E-state index contributed by atoms with van der Waals surface area (Å²) in [6.45, 7) is 0. The van der Waals surface area contributed by atoms with Crippen molar-refractivity contribution in [1.29, 1.82) is 0 Å². The second-order valence-corrected chi connectivity index (χ2v) is 5.06. The Labute approximate surface area is 124 Å². The van der Waals surface area contributed by atoms with Crippen molar-refractivity contribution in [1.82, 2.24) is 9.97 Å². The van der Waals surface area contributed by atoms with Crippen molar-refractivity contribution < 1.29 is 4.79 Å². The number of nitrogens with one attached hydrogen (secondary N) is 1. The number of para-hydroxylation sites is 1. The van der Waals surface area contributed by atoms with Crippen LogP contribution >= 0.6 is 15.9 Å². The molecular formula is C15H10BrN3O. The number of carbonyl (C=O) groups is 1. The quantitative estimate of drug-likeness (QED) is 0.781. The monoisotopic (exact) mass is 327 g/mol. The molecule has 5 heteroatoms. The molecular weight excluding hydrogens is 318 g/mol. The summed E-state index contributed by atoms with van der Waals surface area (Å²) in [5.74, 6) is -0.269. The third kappa shape index (κ3) is 2.53. The predicted octanol–water partition coefficient (Wildman–Crippen LogP) is 3.64. The number of fused-ring (bicyclic) bond motifs is 1. The molecule has 0 aliphatic carbocycles. The average Bonchev–Trinajstić information content (AvgIpc) is 2.47. The molecule has 0 saturated heterocycles. The van der Waals surface area contributed by atoms with E-state index in [4.69, 9.17) is 0 Å². The van der Waals surface area contributed by atoms with Crippen LogP contribution in [0.25, 0.3) is 10.9 Å². The van der Waals surface area contributed by atoms with Gasteiger partial charge in [-0.2, -0.15) is 0 Å². The maximum Gasteiger partial charge on any atom is 0.275 e. The summed E-state index contributed by atoms with van der Waals surface area (Å²) in [7, 11) is 0. The highest BCUT2D eigenvalue weighted by atomic mass is 79.9. The molecule has 1 aromatic carbocycles. The Morgan fingerprint density at radius 1 is 1.10 bits per heavy atom. The Kier molecular flexibility index (Phi) is 3.43. The molecule has 0 aliphatic heterocycles. The zero-order chi connectivity index (χ0) is 13.9. The molecule has 4 nitrogen and oxygen atoms in total. The van der Waals surface area contributed by atoms with E-state index in [2.05, 4.69) is 31.2 Å². The van der Waals surface area contributed by atoms with Crippen molar-refractivity contribution >= 4 is 38.4 Å². The van der Waals surface area contributed by atoms with Gasteiger partial charge in [-0.15, -0.1) is 0 Å². The smallest absolute Gasteiger partial charge is 0.275 e. The Morgan fingerprint density at radius 2 is 1.95 bits per heavy atom. The fourth-order valence-electron chi connectivity index (χ4n) is 1.88. The number of rotatable bonds is 2. The number of amides is 1. The fourth-order valence-corrected chi connectivity index (χ4v) is 2.32. The van der Waals surface area contributed by atoms with Crippen molar-refractivity contribution in [2.45, 2.75) is 0 Å². The third-order valence-corrected chi connectivity index (χ3v) is 3.46. The minimum Gasteiger partial charge on any atom is -0.319 e. The molecule has 1 N–H and O–H groups in total. The number of hydrogen-bond donors (Lipinski definition) is 1. The highest BCUT2D eigenvalue weighted by Crippen LogP contribution is 2.18. The molecule has 98 valence electrons. The third-order valence-electron chi connectivity index (χ3n) is 2.82. The molecule has 0 atom stereocenters. The first kappa shape index (κ1) is 12.7. The molecule has 0 unspecified atom stereocenters. The lowest BCUT2D eigenvalue weighted by atomic mass is 10.2. The highest BCUT2D eigenvalue weighted by Gasteiger charge is 2.11. The van der Waals surface area contributed by atoms with Crippen LogP contribution in [-0.4, -0.2) is 15.9 Å². The molecule has 2 aromatic heterocycles. The highest BCUT2D eigenvalue weighted by molar-refractivity contribution is 9.10. The number of benzene rings is 1. The van der Waals surface area contributed by atoms with Gasteiger partial charge in [0.2, 0.25) is 0 Å². The van der Waals surface area contributed by atoms with E-state index in [9.17, 15) is 4.79 Å². The van der Waals surface area contributed by atoms with Gasteiger partial charge in [0.05, 0.1) is 17.4 Å². The Balaban J connectivity index is 1.89. The van der Waals surface area contributed by atoms with Crippen LogP contribution in [0.15, 0.2) is 59.3 Å². The molecule has 0 aliphatic rings. The number of nitrogens with zero attached hydrogens (tertiary/aromatic N) is 2. The summed E-state index contributed by atoms with van der Waals surface area (Å²) in [6.07, 6.45) is 3.22. The normalized spacial score (nSPS) is 10.4. The van der Waals surface area contributed by atoms with E-state index in [-0.39, 0.29) is 5.91 Å². The number of hydrogen-bond acceptors (Lipinski definition) is 3. The topological polar surface area (TPSA) is 54.9 Å². The number of halogens is 1. The Hall–Kier alpha value is -2.27. The van der Waals surface area contributed by atoms with Gasteiger partial charge >= 0.3 is 0 Å². The van der Waals surface area contributed by atoms with Crippen LogP contribution in [0.4, 0.5) is 5.69 Å². The minimum atomic E-state index is -0.269. The molecule has 0 saturated carbocycles. The van der Waals surface area contributed by atoms with E-state index in [1.54, 1.807) is 24.5 Å². The van der Waals surface area contributed by atoms with Gasteiger partial charge in [-0.3, -0.25) is 9.78 Å². The summed E-state index contributed by atoms with van der Waals surface area (Å²) in [5.41, 5.74) is 1.89. The summed E-state index contributed by atoms with van der Waals surface area (Å²) in [4.78, 5) is 20.5. The van der Waals surface area contributed by atoms with Crippen LogP contribution in [0.1, 0.15) is 10.5 Å². The van der Waals surface area contributed by atoms with E-state index in [0.29, 0.717) is 15.9 Å². The van der Waals surface area contributed by atoms with Crippen LogP contribution in [0.3, 0.4) is 0 Å². The molecule has 3 aromatic rings. The van der Waals surface area contributed by atoms with Gasteiger partial charge in [0.15, 0.2) is 0 Å². The Morgan fingerprint density at radius 3 is 2.80 bits per heavy atom. The number of anilines is 1. The number of aromatic nitrogens is 2. The predicted molar refractivity (Wildman–Crippen MR) is 81.6 cm³/mol. The average molecular weight is 328 g/mol. The van der Waals surface area contributed by atoms with Gasteiger partial charge in [-0.25, -0.2) is 4.98 Å². The molecule has 0 radical (unpaired) electrons. The van der Waals surface area contributed by atoms with Crippen LogP contribution in [0.2, 0.25) is 0 Å². The molecule has 20 heavy (non-hydrogen) atoms. The van der Waals surface area contributed by atoms with E-state index in [0.717, 1.165) is 10.9 Å². The van der Waals surface area contributed by atoms with Gasteiger partial charge in [0.1, 0.15) is 5.69 Å². The van der Waals surface area contributed by atoms with Crippen molar-refractivity contribution in [3.63, 3.8) is 0 Å². The van der Waals surface area contributed by atoms with Gasteiger partial charge in [0.25, 0.3) is 5.91 Å². The zero-order valence-corrected chi connectivity index (χ0v) is 12.0. The standard InChI is InChI=1S/C15H10BrN3O/c16-12-5-3-7-17-14(12)15(20)19-11-8-10-4-1-2-6-13(10)18-9-11/h1-9H,(H,19,20). The van der Waals surface area contributed by atoms with Crippen LogP contribution < -0.4 is 5.32 Å². The van der Waals surface area contributed by atoms with Crippen molar-refractivity contribution in [2.75, 3.05) is 5.32 Å². The van der Waals surface area contributed by atoms with Gasteiger partial charge in [0, 0.05) is 16.1 Å². The van der Waals surface area contributed by atoms with E-state index >= 15 is 0 Å². The molecule has 0 bridgehead atoms. The van der Waals surface area contributed by atoms with E-state index in [1.807, 2.05) is 30.3 Å². The van der Waals surface area contributed by atoms with E-state index in [1.165, 1.54) is 0 Å². The first-order valence-corrected chi connectivity index (χ1v) is 6.80. The fraction of sp³-hybridized carbons (Fsp3) is 0. The second-order valence-electron chi connectivity index (χ2n) is 4.20. The van der Waals surface area contributed by atoms with E-state index < -0.39 is 0 Å². The largest absolute Gasteiger partial charge is 0.319 e. The molecule has 0 fully saturated rings. The maximum atomic E-state index is 12.1. The van der Waals surface area contributed by atoms with Crippen molar-refractivity contribution in [3.05, 3.63) is 65.0 Å². The molecule has 2 heterocycles. The maximum absolute atomic E-state index is 12.1. The number of pyridine rings is 2. The van der Waals surface area contributed by atoms with Crippen LogP contribution in [0.5, 0.6) is 0 Å². The van der Waals surface area contributed by atoms with Crippen LogP contribution in [-0.2, 0) is 0 Å². The summed E-state index contributed by atoms with van der Waals surface area (Å²) < 4.78 is 0.659. The zero-order valence-electron chi connectivity index (χ0n) is 10.4. The second kappa shape index (κ2) is 5.38. The minimum absolute atomic E-state index is 0.269. The first-order chi connectivity index (χ1) is 9.74.